The van der Waals surface area contributed by atoms with Crippen LogP contribution in [-0.2, 0) is 37.0 Å². The number of carbonyl (C=O) groups excluding carboxylic acids is 2. The Bertz CT molecular complexity index is 1760. The molecule has 2 unspecified atom stereocenters. The van der Waals surface area contributed by atoms with Crippen LogP contribution in [0.15, 0.2) is 36.5 Å². The van der Waals surface area contributed by atoms with Crippen molar-refractivity contribution in [3.63, 3.8) is 0 Å². The Morgan fingerprint density at radius 2 is 1.93 bits per heavy atom. The van der Waals surface area contributed by atoms with Crippen molar-refractivity contribution in [1.29, 1.82) is 0 Å². The van der Waals surface area contributed by atoms with Crippen LogP contribution in [0.1, 0.15) is 49.4 Å². The summed E-state index contributed by atoms with van der Waals surface area (Å²) >= 11 is 0. The summed E-state index contributed by atoms with van der Waals surface area (Å²) in [4.78, 5) is 37.3. The Kier molecular flexibility index (Phi) is 8.85. The molecule has 1 aliphatic heterocycles. The Hall–Kier alpha value is -4.03. The fourth-order valence-corrected chi connectivity index (χ4v) is 7.47. The number of sulfone groups is 1. The second kappa shape index (κ2) is 11.9. The Labute approximate surface area is 249 Å². The molecule has 3 N–H and O–H groups in total. The van der Waals surface area contributed by atoms with E-state index in [1.54, 1.807) is 30.3 Å². The lowest BCUT2D eigenvalue weighted by Crippen LogP contribution is -2.50. The lowest BCUT2D eigenvalue weighted by atomic mass is 10.1. The number of amides is 2. The van der Waals surface area contributed by atoms with Crippen molar-refractivity contribution >= 4 is 35.1 Å². The molecule has 1 aliphatic carbocycles. The first-order valence-electron chi connectivity index (χ1n) is 13.4. The van der Waals surface area contributed by atoms with Gasteiger partial charge in [-0.25, -0.2) is 18.7 Å². The van der Waals surface area contributed by atoms with E-state index in [4.69, 9.17) is 14.8 Å². The average Bonchev–Trinajstić information content (AvgIpc) is 3.56. The molecule has 2 atom stereocenters. The molecule has 228 valence electrons. The zero-order chi connectivity index (χ0) is 31.6. The number of hydrogen-bond donors (Lipinski definition) is 3. The van der Waals surface area contributed by atoms with Crippen LogP contribution >= 0.6 is 7.37 Å². The van der Waals surface area contributed by atoms with Crippen LogP contribution in [0.3, 0.4) is 0 Å². The van der Waals surface area contributed by atoms with E-state index in [2.05, 4.69) is 23.7 Å². The predicted octanol–water partition coefficient (Wildman–Crippen LogP) is 2.86. The van der Waals surface area contributed by atoms with Crippen molar-refractivity contribution in [3.05, 3.63) is 53.3 Å². The highest BCUT2D eigenvalue weighted by molar-refractivity contribution is 7.92. The van der Waals surface area contributed by atoms with Crippen LogP contribution in [0.4, 0.5) is 4.79 Å². The number of aryl methyl sites for hydroxylation is 1. The van der Waals surface area contributed by atoms with E-state index < -0.39 is 45.0 Å². The normalized spacial score (nSPS) is 17.7. The second-order valence-corrected chi connectivity index (χ2v) is 16.1. The van der Waals surface area contributed by atoms with Gasteiger partial charge in [-0.2, -0.15) is 0 Å². The number of hydrogen-bond acceptors (Lipinski definition) is 8. The number of fused-ring (bicyclic) bond motifs is 1. The summed E-state index contributed by atoms with van der Waals surface area (Å²) in [5, 5.41) is 17.2. The molecule has 0 saturated heterocycles. The zero-order valence-electron chi connectivity index (χ0n) is 23.9. The molecule has 0 spiro atoms. The minimum absolute atomic E-state index is 0.0325. The van der Waals surface area contributed by atoms with Crippen LogP contribution in [-0.4, -0.2) is 75.5 Å². The van der Waals surface area contributed by atoms with E-state index in [0.717, 1.165) is 6.26 Å². The summed E-state index contributed by atoms with van der Waals surface area (Å²) in [5.74, 6) is 9.79. The molecule has 2 heterocycles. The lowest BCUT2D eigenvalue weighted by Gasteiger charge is -2.27. The zero-order valence-corrected chi connectivity index (χ0v) is 25.6. The average molecular weight is 630 g/mol. The maximum atomic E-state index is 13.6. The Balaban J connectivity index is 1.41. The van der Waals surface area contributed by atoms with Crippen molar-refractivity contribution in [1.82, 2.24) is 14.9 Å². The van der Waals surface area contributed by atoms with Crippen LogP contribution in [0, 0.1) is 23.7 Å². The van der Waals surface area contributed by atoms with E-state index in [-0.39, 0.29) is 32.4 Å². The number of nitrogens with one attached hydrogen (secondary N) is 1. The topological polar surface area (TPSA) is 172 Å². The van der Waals surface area contributed by atoms with Crippen LogP contribution in [0.25, 0.3) is 0 Å². The Morgan fingerprint density at radius 1 is 1.23 bits per heavy atom. The minimum Gasteiger partial charge on any atom is -0.481 e. The van der Waals surface area contributed by atoms with Crippen LogP contribution < -0.4 is 10.0 Å². The highest BCUT2D eigenvalue weighted by Crippen LogP contribution is 2.67. The van der Waals surface area contributed by atoms with Crippen molar-refractivity contribution in [2.24, 2.45) is 0 Å². The van der Waals surface area contributed by atoms with Gasteiger partial charge in [0.1, 0.15) is 10.9 Å². The number of aliphatic carboxylic acids is 1. The number of rotatable bonds is 11. The van der Waals surface area contributed by atoms with Gasteiger partial charge in [0.25, 0.3) is 13.3 Å². The fourth-order valence-electron chi connectivity index (χ4n) is 4.72. The standard InChI is InChI=1S/C29H32N3O9PS/c1-28(26(35)30-37,43(3,39)40)16-17-31-20-23-18-21(19-32(23)27(31)36)8-6-7-13-29(14-15-29)42(2,38)41-24-10-5-4-9-22(24)11-12-25(33)34/h4-5,9-10,18-19,37H,11-12,14-17,20H2,1-3H3,(H,30,35)(H,33,34). The first-order chi connectivity index (χ1) is 20.1. The van der Waals surface area contributed by atoms with Crippen LogP contribution in [0.5, 0.6) is 5.75 Å². The van der Waals surface area contributed by atoms with Gasteiger partial charge in [-0.15, -0.1) is 0 Å². The quantitative estimate of drug-likeness (QED) is 0.146. The third kappa shape index (κ3) is 6.65. The van der Waals surface area contributed by atoms with Gasteiger partial charge in [0.2, 0.25) is 0 Å². The molecule has 1 aromatic carbocycles. The molecule has 4 rings (SSSR count). The number of hydroxylamine groups is 1. The van der Waals surface area contributed by atoms with Gasteiger partial charge < -0.3 is 14.5 Å². The summed E-state index contributed by atoms with van der Waals surface area (Å²) in [6, 6.07) is 8.22. The summed E-state index contributed by atoms with van der Waals surface area (Å²) in [6.07, 6.45) is 3.56. The first kappa shape index (κ1) is 31.9. The molecular formula is C29H32N3O9PS. The maximum absolute atomic E-state index is 13.6. The third-order valence-electron chi connectivity index (χ3n) is 7.91. The monoisotopic (exact) mass is 629 g/mol. The van der Waals surface area contributed by atoms with E-state index in [1.165, 1.54) is 34.7 Å². The van der Waals surface area contributed by atoms with Gasteiger partial charge in [0.05, 0.1) is 6.54 Å². The highest BCUT2D eigenvalue weighted by atomic mass is 32.2. The number of carboxylic acid groups (broad SMARTS) is 1. The number of carbonyl (C=O) groups is 3. The molecule has 0 radical (unpaired) electrons. The van der Waals surface area contributed by atoms with Gasteiger partial charge in [-0.05, 0) is 62.1 Å². The number of nitrogens with zero attached hydrogens (tertiary/aromatic N) is 2. The molecule has 14 heteroatoms. The SMILES string of the molecule is CC(CCN1Cc2cc(C#CC#CC3(P(C)(=O)Oc4ccccc4CCC(=O)O)CC3)cn2C1=O)(C(=O)NO)S(C)(=O)=O. The summed E-state index contributed by atoms with van der Waals surface area (Å²) in [5.41, 5.74) is 3.21. The number of aromatic nitrogens is 1. The summed E-state index contributed by atoms with van der Waals surface area (Å²) in [7, 11) is -7.16. The second-order valence-electron chi connectivity index (χ2n) is 11.0. The molecule has 12 nitrogen and oxygen atoms in total. The summed E-state index contributed by atoms with van der Waals surface area (Å²) in [6.45, 7) is 2.87. The largest absolute Gasteiger partial charge is 0.481 e. The molecule has 2 aliphatic rings. The van der Waals surface area contributed by atoms with Crippen molar-refractivity contribution in [3.8, 4) is 29.4 Å². The molecular weight excluding hydrogens is 597 g/mol. The number of benzene rings is 1. The van der Waals surface area contributed by atoms with E-state index in [1.807, 2.05) is 0 Å². The number of carboxylic acids is 1. The molecule has 2 aromatic rings. The van der Waals surface area contributed by atoms with Crippen LogP contribution in [0.2, 0.25) is 0 Å². The van der Waals surface area contributed by atoms with Gasteiger partial charge in [0, 0.05) is 43.3 Å². The minimum atomic E-state index is -3.89. The Morgan fingerprint density at radius 3 is 2.53 bits per heavy atom. The predicted molar refractivity (Wildman–Crippen MR) is 157 cm³/mol. The molecule has 43 heavy (non-hydrogen) atoms. The van der Waals surface area contributed by atoms with Gasteiger partial charge in [-0.3, -0.25) is 23.9 Å². The van der Waals surface area contributed by atoms with E-state index in [9.17, 15) is 27.4 Å². The van der Waals surface area contributed by atoms with Crippen molar-refractivity contribution in [2.75, 3.05) is 19.5 Å². The maximum Gasteiger partial charge on any atom is 0.328 e. The third-order valence-corrected chi connectivity index (χ3v) is 12.6. The van der Waals surface area contributed by atoms with Gasteiger partial charge in [-0.1, -0.05) is 30.0 Å². The number of para-hydroxylation sites is 1. The van der Waals surface area contributed by atoms with Gasteiger partial charge >= 0.3 is 12.0 Å². The molecule has 2 amide bonds. The lowest BCUT2D eigenvalue weighted by molar-refractivity contribution is -0.137. The van der Waals surface area contributed by atoms with Crippen molar-refractivity contribution in [2.45, 2.75) is 55.5 Å². The molecule has 1 aromatic heterocycles. The first-order valence-corrected chi connectivity index (χ1v) is 17.3. The smallest absolute Gasteiger partial charge is 0.328 e. The highest BCUT2D eigenvalue weighted by Gasteiger charge is 2.56. The van der Waals surface area contributed by atoms with Crippen molar-refractivity contribution < 1.29 is 42.2 Å². The fraction of sp³-hybridized carbons (Fsp3) is 0.414. The van der Waals surface area contributed by atoms with Gasteiger partial charge in [0.15, 0.2) is 14.6 Å². The summed E-state index contributed by atoms with van der Waals surface area (Å²) < 4.78 is 43.4. The van der Waals surface area contributed by atoms with E-state index in [0.29, 0.717) is 35.4 Å². The molecule has 1 fully saturated rings. The van der Waals surface area contributed by atoms with E-state index >= 15 is 0 Å². The molecule has 0 bridgehead atoms. The molecule has 1 saturated carbocycles.